The molecule has 4 rings (SSSR count). The monoisotopic (exact) mass is 381 g/mol. The van der Waals surface area contributed by atoms with Crippen LogP contribution < -0.4 is 5.32 Å². The fourth-order valence-electron chi connectivity index (χ4n) is 3.24. The third-order valence-electron chi connectivity index (χ3n) is 4.51. The van der Waals surface area contributed by atoms with Crippen molar-refractivity contribution in [1.82, 2.24) is 5.32 Å². The Hall–Kier alpha value is -2.62. The van der Waals surface area contributed by atoms with Gasteiger partial charge in [0.1, 0.15) is 17.2 Å². The van der Waals surface area contributed by atoms with Crippen LogP contribution in [0.3, 0.4) is 0 Å². The lowest BCUT2D eigenvalue weighted by molar-refractivity contribution is 0.515. The number of fused-ring (bicyclic) bond motifs is 1. The van der Waals surface area contributed by atoms with E-state index >= 15 is 0 Å². The molecule has 1 heterocycles. The molecule has 0 aliphatic heterocycles. The molecule has 1 N–H and O–H groups in total. The molecule has 0 aliphatic carbocycles. The fraction of sp³-hybridized carbons (Fsp3) is 0.130. The molecule has 0 saturated carbocycles. The van der Waals surface area contributed by atoms with Gasteiger partial charge in [-0.25, -0.2) is 4.39 Å². The van der Waals surface area contributed by atoms with E-state index in [-0.39, 0.29) is 18.2 Å². The predicted octanol–water partition coefficient (Wildman–Crippen LogP) is 6.26. The molecule has 0 aliphatic rings. The van der Waals surface area contributed by atoms with Crippen molar-refractivity contribution in [2.45, 2.75) is 20.0 Å². The molecule has 0 atom stereocenters. The van der Waals surface area contributed by atoms with Gasteiger partial charge in [0.25, 0.3) is 0 Å². The van der Waals surface area contributed by atoms with Crippen LogP contribution in [-0.4, -0.2) is 0 Å². The Bertz CT molecular complexity index is 1030. The first-order valence-electron chi connectivity index (χ1n) is 8.73. The molecule has 4 heteroatoms. The van der Waals surface area contributed by atoms with Crippen LogP contribution in [0.2, 0.25) is 0 Å². The highest BCUT2D eigenvalue weighted by molar-refractivity contribution is 5.96. The zero-order valence-electron chi connectivity index (χ0n) is 15.0. The van der Waals surface area contributed by atoms with Crippen molar-refractivity contribution in [2.24, 2.45) is 0 Å². The number of aryl methyl sites for hydroxylation is 1. The van der Waals surface area contributed by atoms with Crippen LogP contribution in [0.25, 0.3) is 22.1 Å². The number of hydrogen-bond acceptors (Lipinski definition) is 2. The van der Waals surface area contributed by atoms with Gasteiger partial charge >= 0.3 is 0 Å². The highest BCUT2D eigenvalue weighted by Gasteiger charge is 2.16. The van der Waals surface area contributed by atoms with Crippen LogP contribution >= 0.6 is 12.4 Å². The molecular weight excluding hydrogens is 361 g/mol. The minimum Gasteiger partial charge on any atom is -0.459 e. The Balaban J connectivity index is 0.00000210. The number of nitrogens with one attached hydrogen (secondary N) is 1. The Labute approximate surface area is 164 Å². The lowest BCUT2D eigenvalue weighted by Gasteiger charge is -2.06. The number of rotatable bonds is 5. The number of benzene rings is 3. The molecule has 0 bridgehead atoms. The maximum absolute atomic E-state index is 13.4. The van der Waals surface area contributed by atoms with E-state index in [4.69, 9.17) is 4.42 Å². The fourth-order valence-corrected chi connectivity index (χ4v) is 3.24. The summed E-state index contributed by atoms with van der Waals surface area (Å²) in [5, 5.41) is 4.51. The summed E-state index contributed by atoms with van der Waals surface area (Å²) in [4.78, 5) is 0. The van der Waals surface area contributed by atoms with Gasteiger partial charge in [-0.15, -0.1) is 12.4 Å². The molecule has 4 aromatic rings. The molecule has 0 saturated heterocycles. The van der Waals surface area contributed by atoms with Gasteiger partial charge in [0.05, 0.1) is 6.54 Å². The summed E-state index contributed by atoms with van der Waals surface area (Å²) in [5.74, 6) is 0.634. The number of halogens is 2. The maximum Gasteiger partial charge on any atom is 0.135 e. The molecular formula is C23H21ClFNO. The minimum absolute atomic E-state index is 0. The molecule has 0 fully saturated rings. The summed E-state index contributed by atoms with van der Waals surface area (Å²) in [7, 11) is 0. The smallest absolute Gasteiger partial charge is 0.135 e. The van der Waals surface area contributed by atoms with E-state index in [2.05, 4.69) is 30.4 Å². The van der Waals surface area contributed by atoms with Crippen molar-refractivity contribution in [3.8, 4) is 11.1 Å². The normalized spacial score (nSPS) is 10.7. The summed E-state index contributed by atoms with van der Waals surface area (Å²) < 4.78 is 19.5. The average molecular weight is 382 g/mol. The van der Waals surface area contributed by atoms with Crippen LogP contribution in [0.1, 0.15) is 16.9 Å². The second-order valence-electron chi connectivity index (χ2n) is 6.50. The topological polar surface area (TPSA) is 25.2 Å². The Morgan fingerprint density at radius 2 is 1.63 bits per heavy atom. The largest absolute Gasteiger partial charge is 0.459 e. The third kappa shape index (κ3) is 4.21. The van der Waals surface area contributed by atoms with Gasteiger partial charge in [-0.3, -0.25) is 0 Å². The molecule has 27 heavy (non-hydrogen) atoms. The van der Waals surface area contributed by atoms with E-state index < -0.39 is 0 Å². The Kier molecular flexibility index (Phi) is 5.94. The highest BCUT2D eigenvalue weighted by atomic mass is 35.5. The van der Waals surface area contributed by atoms with E-state index in [9.17, 15) is 4.39 Å². The molecule has 0 spiro atoms. The number of hydrogen-bond donors (Lipinski definition) is 1. The van der Waals surface area contributed by atoms with Gasteiger partial charge in [0, 0.05) is 17.5 Å². The SMILES string of the molecule is Cc1ccc2oc(CNCc3ccccc3)c(-c3ccc(F)cc3)c2c1.Cl. The molecule has 0 radical (unpaired) electrons. The van der Waals surface area contributed by atoms with Crippen LogP contribution in [0.5, 0.6) is 0 Å². The van der Waals surface area contributed by atoms with Crippen LogP contribution in [-0.2, 0) is 13.1 Å². The van der Waals surface area contributed by atoms with E-state index in [1.54, 1.807) is 0 Å². The Morgan fingerprint density at radius 3 is 2.37 bits per heavy atom. The van der Waals surface area contributed by atoms with E-state index in [0.717, 1.165) is 34.4 Å². The first-order chi connectivity index (χ1) is 12.7. The van der Waals surface area contributed by atoms with Crippen molar-refractivity contribution < 1.29 is 8.81 Å². The van der Waals surface area contributed by atoms with E-state index in [0.29, 0.717) is 6.54 Å². The van der Waals surface area contributed by atoms with Crippen LogP contribution in [0, 0.1) is 12.7 Å². The van der Waals surface area contributed by atoms with Gasteiger partial charge in [-0.1, -0.05) is 54.1 Å². The van der Waals surface area contributed by atoms with Gasteiger partial charge < -0.3 is 9.73 Å². The molecule has 0 amide bonds. The maximum atomic E-state index is 13.4. The van der Waals surface area contributed by atoms with Crippen molar-refractivity contribution in [3.05, 3.63) is 95.5 Å². The highest BCUT2D eigenvalue weighted by Crippen LogP contribution is 2.35. The first-order valence-corrected chi connectivity index (χ1v) is 8.73. The molecule has 2 nitrogen and oxygen atoms in total. The quantitative estimate of drug-likeness (QED) is 0.441. The molecule has 3 aromatic carbocycles. The minimum atomic E-state index is -0.235. The molecule has 138 valence electrons. The van der Waals surface area contributed by atoms with Crippen LogP contribution in [0.4, 0.5) is 4.39 Å². The van der Waals surface area contributed by atoms with Crippen molar-refractivity contribution in [2.75, 3.05) is 0 Å². The van der Waals surface area contributed by atoms with Crippen molar-refractivity contribution >= 4 is 23.4 Å². The van der Waals surface area contributed by atoms with Gasteiger partial charge in [0.2, 0.25) is 0 Å². The lowest BCUT2D eigenvalue weighted by Crippen LogP contribution is -2.12. The van der Waals surface area contributed by atoms with Crippen LogP contribution in [0.15, 0.2) is 77.2 Å². The molecule has 1 aromatic heterocycles. The summed E-state index contributed by atoms with van der Waals surface area (Å²) >= 11 is 0. The van der Waals surface area contributed by atoms with Crippen molar-refractivity contribution in [1.29, 1.82) is 0 Å². The van der Waals surface area contributed by atoms with Gasteiger partial charge in [0.15, 0.2) is 0 Å². The lowest BCUT2D eigenvalue weighted by atomic mass is 10.0. The van der Waals surface area contributed by atoms with Gasteiger partial charge in [-0.2, -0.15) is 0 Å². The van der Waals surface area contributed by atoms with Crippen molar-refractivity contribution in [3.63, 3.8) is 0 Å². The summed E-state index contributed by atoms with van der Waals surface area (Å²) in [5.41, 5.74) is 5.25. The zero-order chi connectivity index (χ0) is 17.9. The van der Waals surface area contributed by atoms with E-state index in [1.807, 2.05) is 42.5 Å². The van der Waals surface area contributed by atoms with Gasteiger partial charge in [-0.05, 0) is 42.3 Å². The average Bonchev–Trinajstić information content (AvgIpc) is 3.01. The zero-order valence-corrected chi connectivity index (χ0v) is 15.9. The second-order valence-corrected chi connectivity index (χ2v) is 6.50. The summed E-state index contributed by atoms with van der Waals surface area (Å²) in [6, 6.07) is 23.0. The first kappa shape index (κ1) is 19.2. The summed E-state index contributed by atoms with van der Waals surface area (Å²) in [6.45, 7) is 3.43. The van der Waals surface area contributed by atoms with E-state index in [1.165, 1.54) is 23.3 Å². The third-order valence-corrected chi connectivity index (χ3v) is 4.51. The standard InChI is InChI=1S/C23H20FNO.ClH/c1-16-7-12-21-20(13-16)23(18-8-10-19(24)11-9-18)22(26-21)15-25-14-17-5-3-2-4-6-17;/h2-13,25H,14-15H2,1H3;1H. The number of furan rings is 1. The Morgan fingerprint density at radius 1 is 0.889 bits per heavy atom. The predicted molar refractivity (Wildman–Crippen MR) is 111 cm³/mol. The molecule has 0 unspecified atom stereocenters. The summed E-state index contributed by atoms with van der Waals surface area (Å²) in [6.07, 6.45) is 0. The second kappa shape index (κ2) is 8.38.